The van der Waals surface area contributed by atoms with E-state index in [1.54, 1.807) is 17.0 Å². The van der Waals surface area contributed by atoms with Crippen molar-refractivity contribution < 1.29 is 27.4 Å². The molecule has 30 heavy (non-hydrogen) atoms. The number of nitrogens with one attached hydrogen (secondary N) is 1. The Balaban J connectivity index is 1.62. The average Bonchev–Trinajstić information content (AvgIpc) is 2.67. The lowest BCUT2D eigenvalue weighted by Crippen LogP contribution is -2.44. The molecule has 1 aliphatic rings. The van der Waals surface area contributed by atoms with Crippen molar-refractivity contribution in [2.24, 2.45) is 0 Å². The van der Waals surface area contributed by atoms with E-state index < -0.39 is 17.3 Å². The molecule has 1 aliphatic heterocycles. The normalized spacial score (nSPS) is 17.5. The maximum absolute atomic E-state index is 12.6. The smallest absolute Gasteiger partial charge is 0.419 e. The number of rotatable bonds is 3. The van der Waals surface area contributed by atoms with Crippen molar-refractivity contribution in [1.29, 1.82) is 0 Å². The maximum atomic E-state index is 12.6. The molecule has 1 N–H and O–H groups in total. The van der Waals surface area contributed by atoms with Crippen LogP contribution < -0.4 is 5.32 Å². The van der Waals surface area contributed by atoms with E-state index in [2.05, 4.69) is 15.3 Å². The summed E-state index contributed by atoms with van der Waals surface area (Å²) in [5, 5.41) is 2.85. The van der Waals surface area contributed by atoms with Crippen molar-refractivity contribution in [3.63, 3.8) is 0 Å². The number of anilines is 2. The molecular formula is C20H23F3N4O3. The molecule has 2 aromatic rings. The summed E-state index contributed by atoms with van der Waals surface area (Å²) in [5.41, 5.74) is -0.00803. The van der Waals surface area contributed by atoms with Crippen LogP contribution in [0.15, 0.2) is 36.7 Å². The predicted octanol–water partition coefficient (Wildman–Crippen LogP) is 4.55. The molecular weight excluding hydrogens is 401 g/mol. The molecule has 2 heterocycles. The summed E-state index contributed by atoms with van der Waals surface area (Å²) >= 11 is 0. The summed E-state index contributed by atoms with van der Waals surface area (Å²) < 4.78 is 48.9. The van der Waals surface area contributed by atoms with Crippen LogP contribution in [0.5, 0.6) is 0 Å². The Kier molecular flexibility index (Phi) is 6.16. The standard InChI is InChI=1S/C20H23F3N4O3/c1-19(2,3)30-18(28)27-8-9-29-16(12-27)13-4-6-15(7-5-13)26-17-24-10-14(11-25-17)20(21,22)23/h4-7,10-11,16H,8-9,12H2,1-3H3,(H,24,25,26). The fourth-order valence-electron chi connectivity index (χ4n) is 2.79. The molecule has 1 saturated heterocycles. The number of carbonyl (C=O) groups excluding carboxylic acids is 1. The van der Waals surface area contributed by atoms with E-state index in [9.17, 15) is 18.0 Å². The molecule has 1 aromatic carbocycles. The van der Waals surface area contributed by atoms with Crippen molar-refractivity contribution in [2.75, 3.05) is 25.0 Å². The molecule has 1 unspecified atom stereocenters. The van der Waals surface area contributed by atoms with Crippen molar-refractivity contribution in [2.45, 2.75) is 38.7 Å². The van der Waals surface area contributed by atoms with E-state index in [4.69, 9.17) is 9.47 Å². The second-order valence-corrected chi connectivity index (χ2v) is 7.83. The van der Waals surface area contributed by atoms with Gasteiger partial charge in [-0.1, -0.05) is 12.1 Å². The van der Waals surface area contributed by atoms with Crippen LogP contribution in [-0.4, -0.2) is 46.3 Å². The zero-order valence-corrected chi connectivity index (χ0v) is 16.9. The van der Waals surface area contributed by atoms with E-state index in [-0.39, 0.29) is 18.1 Å². The van der Waals surface area contributed by atoms with Crippen molar-refractivity contribution >= 4 is 17.7 Å². The van der Waals surface area contributed by atoms with Crippen LogP contribution in [0.3, 0.4) is 0 Å². The molecule has 7 nitrogen and oxygen atoms in total. The van der Waals surface area contributed by atoms with Crippen LogP contribution in [0.4, 0.5) is 29.6 Å². The fourth-order valence-corrected chi connectivity index (χ4v) is 2.79. The van der Waals surface area contributed by atoms with Crippen molar-refractivity contribution in [3.05, 3.63) is 47.8 Å². The van der Waals surface area contributed by atoms with Crippen LogP contribution in [0.2, 0.25) is 0 Å². The Hall–Kier alpha value is -2.88. The minimum Gasteiger partial charge on any atom is -0.444 e. The van der Waals surface area contributed by atoms with E-state index in [0.717, 1.165) is 18.0 Å². The molecule has 0 aliphatic carbocycles. The largest absolute Gasteiger partial charge is 0.444 e. The minimum atomic E-state index is -4.48. The van der Waals surface area contributed by atoms with Gasteiger partial charge < -0.3 is 19.7 Å². The third kappa shape index (κ3) is 5.82. The lowest BCUT2D eigenvalue weighted by atomic mass is 10.1. The summed E-state index contributed by atoms with van der Waals surface area (Å²) in [6, 6.07) is 7.11. The average molecular weight is 424 g/mol. The van der Waals surface area contributed by atoms with Gasteiger partial charge in [0.2, 0.25) is 5.95 Å². The van der Waals surface area contributed by atoms with E-state index >= 15 is 0 Å². The number of alkyl halides is 3. The van der Waals surface area contributed by atoms with Gasteiger partial charge in [-0.15, -0.1) is 0 Å². The van der Waals surface area contributed by atoms with E-state index in [1.807, 2.05) is 32.9 Å². The van der Waals surface area contributed by atoms with Gasteiger partial charge >= 0.3 is 12.3 Å². The van der Waals surface area contributed by atoms with Gasteiger partial charge in [-0.25, -0.2) is 14.8 Å². The number of halogens is 3. The predicted molar refractivity (Wildman–Crippen MR) is 103 cm³/mol. The Morgan fingerprint density at radius 1 is 1.17 bits per heavy atom. The van der Waals surface area contributed by atoms with Crippen LogP contribution >= 0.6 is 0 Å². The Morgan fingerprint density at radius 3 is 2.37 bits per heavy atom. The van der Waals surface area contributed by atoms with Gasteiger partial charge in [0.05, 0.1) is 18.7 Å². The Labute approximate surface area is 172 Å². The highest BCUT2D eigenvalue weighted by molar-refractivity contribution is 5.68. The molecule has 162 valence electrons. The van der Waals surface area contributed by atoms with Crippen molar-refractivity contribution in [1.82, 2.24) is 14.9 Å². The number of carbonyl (C=O) groups is 1. The number of aromatic nitrogens is 2. The fraction of sp³-hybridized carbons (Fsp3) is 0.450. The minimum absolute atomic E-state index is 0.0563. The van der Waals surface area contributed by atoms with Crippen LogP contribution in [0.25, 0.3) is 0 Å². The summed E-state index contributed by atoms with van der Waals surface area (Å²) in [7, 11) is 0. The molecule has 0 saturated carbocycles. The maximum Gasteiger partial charge on any atom is 0.419 e. The molecule has 1 aromatic heterocycles. The summed E-state index contributed by atoms with van der Waals surface area (Å²) in [5.74, 6) is 0.0563. The first-order chi connectivity index (χ1) is 14.0. The number of benzene rings is 1. The number of morpholine rings is 1. The third-order valence-electron chi connectivity index (χ3n) is 4.24. The van der Waals surface area contributed by atoms with Gasteiger partial charge in [-0.05, 0) is 38.5 Å². The number of hydrogen-bond donors (Lipinski definition) is 1. The zero-order chi connectivity index (χ0) is 21.9. The van der Waals surface area contributed by atoms with Crippen LogP contribution in [-0.2, 0) is 15.7 Å². The topological polar surface area (TPSA) is 76.6 Å². The highest BCUT2D eigenvalue weighted by atomic mass is 19.4. The van der Waals surface area contributed by atoms with Gasteiger partial charge in [0.15, 0.2) is 0 Å². The molecule has 3 rings (SSSR count). The SMILES string of the molecule is CC(C)(C)OC(=O)N1CCOC(c2ccc(Nc3ncc(C(F)(F)F)cn3)cc2)C1. The van der Waals surface area contributed by atoms with Crippen LogP contribution in [0, 0.1) is 0 Å². The number of hydrogen-bond acceptors (Lipinski definition) is 6. The van der Waals surface area contributed by atoms with Gasteiger partial charge in [-0.3, -0.25) is 0 Å². The number of ether oxygens (including phenoxy) is 2. The monoisotopic (exact) mass is 424 g/mol. The van der Waals surface area contributed by atoms with Crippen LogP contribution in [0.1, 0.15) is 38.0 Å². The molecule has 0 spiro atoms. The molecule has 1 atom stereocenters. The highest BCUT2D eigenvalue weighted by Gasteiger charge is 2.31. The lowest BCUT2D eigenvalue weighted by molar-refractivity contribution is -0.138. The molecule has 0 radical (unpaired) electrons. The summed E-state index contributed by atoms with van der Waals surface area (Å²) in [6.07, 6.45) is -3.71. The Morgan fingerprint density at radius 2 is 1.80 bits per heavy atom. The quantitative estimate of drug-likeness (QED) is 0.779. The first-order valence-corrected chi connectivity index (χ1v) is 9.37. The lowest BCUT2D eigenvalue weighted by Gasteiger charge is -2.34. The summed E-state index contributed by atoms with van der Waals surface area (Å²) in [4.78, 5) is 21.3. The second-order valence-electron chi connectivity index (χ2n) is 7.83. The van der Waals surface area contributed by atoms with E-state index in [0.29, 0.717) is 25.4 Å². The first-order valence-electron chi connectivity index (χ1n) is 9.37. The molecule has 1 fully saturated rings. The first kappa shape index (κ1) is 21.8. The van der Waals surface area contributed by atoms with Gasteiger partial charge in [-0.2, -0.15) is 13.2 Å². The van der Waals surface area contributed by atoms with Gasteiger partial charge in [0.25, 0.3) is 0 Å². The molecule has 10 heteroatoms. The second kappa shape index (κ2) is 8.47. The Bertz CT molecular complexity index is 865. The molecule has 0 bridgehead atoms. The number of nitrogens with zero attached hydrogens (tertiary/aromatic N) is 3. The van der Waals surface area contributed by atoms with Gasteiger partial charge in [0.1, 0.15) is 11.7 Å². The molecule has 1 amide bonds. The third-order valence-corrected chi connectivity index (χ3v) is 4.24. The van der Waals surface area contributed by atoms with Gasteiger partial charge in [0, 0.05) is 24.6 Å². The summed E-state index contributed by atoms with van der Waals surface area (Å²) in [6.45, 7) is 6.65. The van der Waals surface area contributed by atoms with E-state index in [1.165, 1.54) is 0 Å². The number of amides is 1. The highest BCUT2D eigenvalue weighted by Crippen LogP contribution is 2.29. The van der Waals surface area contributed by atoms with Crippen molar-refractivity contribution in [3.8, 4) is 0 Å². The zero-order valence-electron chi connectivity index (χ0n) is 16.9.